The number of pyridine rings is 1. The van der Waals surface area contributed by atoms with Crippen LogP contribution >= 0.6 is 0 Å². The van der Waals surface area contributed by atoms with Crippen LogP contribution in [-0.4, -0.2) is 28.5 Å². The molecule has 0 bridgehead atoms. The first kappa shape index (κ1) is 12.6. The van der Waals surface area contributed by atoms with E-state index in [4.69, 9.17) is 0 Å². The molecular weight excluding hydrogens is 228 g/mol. The number of likely N-dealkylation sites (tertiary alicyclic amines) is 1. The Morgan fingerprint density at radius 3 is 2.67 bits per heavy atom. The fourth-order valence-electron chi connectivity index (χ4n) is 2.39. The quantitative estimate of drug-likeness (QED) is 0.742. The van der Waals surface area contributed by atoms with Crippen molar-refractivity contribution in [2.75, 3.05) is 13.1 Å². The van der Waals surface area contributed by atoms with Crippen molar-refractivity contribution >= 4 is 5.91 Å². The standard InChI is InChI=1S/C14H18N2O2/c1-3-13(17)15-8-6-12(7-9-15)16-10-11(2)4-5-14(16)18/h3-5,10,12H,1,6-9H2,2H3. The number of nitrogens with zero attached hydrogens (tertiary/aromatic N) is 2. The molecule has 0 aromatic carbocycles. The molecule has 2 heterocycles. The minimum Gasteiger partial charge on any atom is -0.339 e. The molecule has 0 atom stereocenters. The molecular formula is C14H18N2O2. The molecule has 0 radical (unpaired) electrons. The summed E-state index contributed by atoms with van der Waals surface area (Å²) < 4.78 is 1.80. The van der Waals surface area contributed by atoms with E-state index in [2.05, 4.69) is 6.58 Å². The van der Waals surface area contributed by atoms with Crippen LogP contribution in [0, 0.1) is 6.92 Å². The number of hydrogen-bond donors (Lipinski definition) is 0. The molecule has 0 saturated carbocycles. The lowest BCUT2D eigenvalue weighted by molar-refractivity contribution is -0.127. The summed E-state index contributed by atoms with van der Waals surface area (Å²) in [6.07, 6.45) is 4.89. The van der Waals surface area contributed by atoms with E-state index in [-0.39, 0.29) is 17.5 Å². The van der Waals surface area contributed by atoms with Crippen LogP contribution in [0.4, 0.5) is 0 Å². The topological polar surface area (TPSA) is 42.3 Å². The zero-order valence-electron chi connectivity index (χ0n) is 10.6. The van der Waals surface area contributed by atoms with Crippen LogP contribution in [0.15, 0.2) is 35.8 Å². The summed E-state index contributed by atoms with van der Waals surface area (Å²) in [5.41, 5.74) is 1.12. The van der Waals surface area contributed by atoms with Gasteiger partial charge in [-0.2, -0.15) is 0 Å². The summed E-state index contributed by atoms with van der Waals surface area (Å²) in [4.78, 5) is 25.1. The fourth-order valence-corrected chi connectivity index (χ4v) is 2.39. The average Bonchev–Trinajstić information content (AvgIpc) is 2.41. The summed E-state index contributed by atoms with van der Waals surface area (Å²) in [7, 11) is 0. The highest BCUT2D eigenvalue weighted by Crippen LogP contribution is 2.21. The highest BCUT2D eigenvalue weighted by Gasteiger charge is 2.22. The van der Waals surface area contributed by atoms with Crippen LogP contribution in [-0.2, 0) is 4.79 Å². The Morgan fingerprint density at radius 2 is 2.06 bits per heavy atom. The lowest BCUT2D eigenvalue weighted by Gasteiger charge is -2.32. The second-order valence-electron chi connectivity index (χ2n) is 4.71. The molecule has 0 N–H and O–H groups in total. The molecule has 96 valence electrons. The van der Waals surface area contributed by atoms with Crippen molar-refractivity contribution in [2.45, 2.75) is 25.8 Å². The smallest absolute Gasteiger partial charge is 0.250 e. The molecule has 2 rings (SSSR count). The van der Waals surface area contributed by atoms with Gasteiger partial charge in [0.1, 0.15) is 0 Å². The zero-order chi connectivity index (χ0) is 13.1. The summed E-state index contributed by atoms with van der Waals surface area (Å²) >= 11 is 0. The first-order chi connectivity index (χ1) is 8.61. The third-order valence-corrected chi connectivity index (χ3v) is 3.43. The Balaban J connectivity index is 2.10. The van der Waals surface area contributed by atoms with E-state index in [0.29, 0.717) is 13.1 Å². The van der Waals surface area contributed by atoms with Crippen molar-refractivity contribution in [3.8, 4) is 0 Å². The molecule has 1 aliphatic heterocycles. The van der Waals surface area contributed by atoms with Crippen molar-refractivity contribution in [2.24, 2.45) is 0 Å². The average molecular weight is 246 g/mol. The number of rotatable bonds is 2. The fraction of sp³-hybridized carbons (Fsp3) is 0.429. The second-order valence-corrected chi connectivity index (χ2v) is 4.71. The van der Waals surface area contributed by atoms with Gasteiger partial charge in [-0.3, -0.25) is 9.59 Å². The Bertz CT molecular complexity index is 511. The van der Waals surface area contributed by atoms with Crippen LogP contribution in [0.5, 0.6) is 0 Å². The minimum atomic E-state index is -0.0231. The molecule has 1 amide bonds. The van der Waals surface area contributed by atoms with E-state index in [0.717, 1.165) is 18.4 Å². The monoisotopic (exact) mass is 246 g/mol. The summed E-state index contributed by atoms with van der Waals surface area (Å²) in [5.74, 6) is -0.0231. The molecule has 1 aromatic rings. The highest BCUT2D eigenvalue weighted by molar-refractivity contribution is 5.87. The Morgan fingerprint density at radius 1 is 1.39 bits per heavy atom. The number of hydrogen-bond acceptors (Lipinski definition) is 2. The number of carbonyl (C=O) groups excluding carboxylic acids is 1. The minimum absolute atomic E-state index is 0.0231. The number of aromatic nitrogens is 1. The van der Waals surface area contributed by atoms with Gasteiger partial charge in [-0.1, -0.05) is 12.6 Å². The predicted octanol–water partition coefficient (Wildman–Crippen LogP) is 1.51. The van der Waals surface area contributed by atoms with Crippen molar-refractivity contribution in [1.29, 1.82) is 0 Å². The van der Waals surface area contributed by atoms with Gasteiger partial charge < -0.3 is 9.47 Å². The van der Waals surface area contributed by atoms with Crippen LogP contribution in [0.3, 0.4) is 0 Å². The van der Waals surface area contributed by atoms with Gasteiger partial charge in [-0.15, -0.1) is 0 Å². The number of aryl methyl sites for hydroxylation is 1. The summed E-state index contributed by atoms with van der Waals surface area (Å²) in [6.45, 7) is 6.85. The van der Waals surface area contributed by atoms with Crippen LogP contribution in [0.1, 0.15) is 24.4 Å². The molecule has 0 aliphatic carbocycles. The van der Waals surface area contributed by atoms with E-state index in [1.807, 2.05) is 19.2 Å². The SMILES string of the molecule is C=CC(=O)N1CCC(n2cc(C)ccc2=O)CC1. The number of amides is 1. The number of carbonyl (C=O) groups is 1. The number of piperidine rings is 1. The maximum atomic E-state index is 11.8. The lowest BCUT2D eigenvalue weighted by atomic mass is 10.0. The van der Waals surface area contributed by atoms with Gasteiger partial charge >= 0.3 is 0 Å². The van der Waals surface area contributed by atoms with Gasteiger partial charge in [0.2, 0.25) is 5.91 Å². The Labute approximate surface area is 107 Å². The molecule has 0 unspecified atom stereocenters. The van der Waals surface area contributed by atoms with Gasteiger partial charge in [-0.25, -0.2) is 0 Å². The first-order valence-corrected chi connectivity index (χ1v) is 6.22. The van der Waals surface area contributed by atoms with Gasteiger partial charge in [0.05, 0.1) is 0 Å². The van der Waals surface area contributed by atoms with E-state index in [1.54, 1.807) is 15.5 Å². The highest BCUT2D eigenvalue weighted by atomic mass is 16.2. The van der Waals surface area contributed by atoms with Crippen molar-refractivity contribution in [3.63, 3.8) is 0 Å². The van der Waals surface area contributed by atoms with Gasteiger partial charge in [-0.05, 0) is 31.4 Å². The molecule has 1 aliphatic rings. The lowest BCUT2D eigenvalue weighted by Crippen LogP contribution is -2.39. The second kappa shape index (κ2) is 5.21. The Hall–Kier alpha value is -1.84. The molecule has 18 heavy (non-hydrogen) atoms. The van der Waals surface area contributed by atoms with Crippen molar-refractivity contribution in [3.05, 3.63) is 46.9 Å². The molecule has 0 spiro atoms. The van der Waals surface area contributed by atoms with Gasteiger partial charge in [0.15, 0.2) is 0 Å². The van der Waals surface area contributed by atoms with Crippen LogP contribution < -0.4 is 5.56 Å². The first-order valence-electron chi connectivity index (χ1n) is 6.22. The third-order valence-electron chi connectivity index (χ3n) is 3.43. The normalized spacial score (nSPS) is 16.6. The van der Waals surface area contributed by atoms with Crippen LogP contribution in [0.2, 0.25) is 0 Å². The van der Waals surface area contributed by atoms with E-state index in [1.165, 1.54) is 6.08 Å². The van der Waals surface area contributed by atoms with Crippen LogP contribution in [0.25, 0.3) is 0 Å². The molecule has 1 fully saturated rings. The molecule has 4 heteroatoms. The Kier molecular flexibility index (Phi) is 3.65. The van der Waals surface area contributed by atoms with Crippen molar-refractivity contribution in [1.82, 2.24) is 9.47 Å². The predicted molar refractivity (Wildman–Crippen MR) is 70.5 cm³/mol. The maximum absolute atomic E-state index is 11.8. The molecule has 1 aromatic heterocycles. The van der Waals surface area contributed by atoms with E-state index >= 15 is 0 Å². The maximum Gasteiger partial charge on any atom is 0.250 e. The largest absolute Gasteiger partial charge is 0.339 e. The van der Waals surface area contributed by atoms with Gasteiger partial charge in [0.25, 0.3) is 5.56 Å². The van der Waals surface area contributed by atoms with Gasteiger partial charge in [0, 0.05) is 31.4 Å². The summed E-state index contributed by atoms with van der Waals surface area (Å²) in [6, 6.07) is 3.64. The van der Waals surface area contributed by atoms with E-state index in [9.17, 15) is 9.59 Å². The zero-order valence-corrected chi connectivity index (χ0v) is 10.6. The van der Waals surface area contributed by atoms with Crippen molar-refractivity contribution < 1.29 is 4.79 Å². The summed E-state index contributed by atoms with van der Waals surface area (Å²) in [5, 5.41) is 0. The third kappa shape index (κ3) is 2.53. The molecule has 1 saturated heterocycles. The molecule has 4 nitrogen and oxygen atoms in total. The van der Waals surface area contributed by atoms with E-state index < -0.39 is 0 Å².